The Labute approximate surface area is 123 Å². The Hall–Kier alpha value is -0.860. The van der Waals surface area contributed by atoms with E-state index in [-0.39, 0.29) is 0 Å². The van der Waals surface area contributed by atoms with E-state index in [1.54, 1.807) is 7.11 Å². The molecule has 0 saturated heterocycles. The van der Waals surface area contributed by atoms with Gasteiger partial charge >= 0.3 is 0 Å². The van der Waals surface area contributed by atoms with Crippen molar-refractivity contribution in [1.29, 1.82) is 0 Å². The average Bonchev–Trinajstić information content (AvgIpc) is 2.45. The fourth-order valence-corrected chi connectivity index (χ4v) is 3.36. The second-order valence-corrected chi connectivity index (χ2v) is 6.36. The first kappa shape index (κ1) is 15.5. The summed E-state index contributed by atoms with van der Waals surface area (Å²) in [6, 6.07) is 8.67. The van der Waals surface area contributed by atoms with Crippen molar-refractivity contribution in [2.24, 2.45) is 11.8 Å². The molecule has 2 rings (SSSR count). The van der Waals surface area contributed by atoms with Crippen LogP contribution in [0.25, 0.3) is 0 Å². The number of rotatable bonds is 7. The van der Waals surface area contributed by atoms with Crippen LogP contribution in [0.3, 0.4) is 0 Å². The normalized spacial score (nSPS) is 22.9. The van der Waals surface area contributed by atoms with E-state index in [0.29, 0.717) is 6.61 Å². The minimum atomic E-state index is 0.702. The van der Waals surface area contributed by atoms with Gasteiger partial charge in [-0.1, -0.05) is 50.5 Å². The van der Waals surface area contributed by atoms with E-state index in [1.807, 2.05) is 0 Å². The Balaban J connectivity index is 1.66. The highest BCUT2D eigenvalue weighted by atomic mass is 16.5. The monoisotopic (exact) mass is 275 g/mol. The molecule has 2 nitrogen and oxygen atoms in total. The Morgan fingerprint density at radius 3 is 2.90 bits per heavy atom. The zero-order valence-electron chi connectivity index (χ0n) is 13.0. The standard InChI is InChI=1S/C18H29NO/c1-15-5-3-6-16(11-15)9-10-19-13-17-7-4-8-18(12-17)14-20-2/h4,7-8,12,15-16,19H,3,5-6,9-11,13-14H2,1-2H3. The topological polar surface area (TPSA) is 21.3 Å². The number of benzene rings is 1. The number of hydrogen-bond acceptors (Lipinski definition) is 2. The highest BCUT2D eigenvalue weighted by Crippen LogP contribution is 2.30. The maximum Gasteiger partial charge on any atom is 0.0713 e. The van der Waals surface area contributed by atoms with Crippen molar-refractivity contribution in [2.75, 3.05) is 13.7 Å². The number of nitrogens with one attached hydrogen (secondary N) is 1. The van der Waals surface area contributed by atoms with Gasteiger partial charge in [-0.3, -0.25) is 0 Å². The van der Waals surface area contributed by atoms with Gasteiger partial charge in [0.2, 0.25) is 0 Å². The molecule has 0 spiro atoms. The second kappa shape index (κ2) is 8.43. The Kier molecular flexibility index (Phi) is 6.55. The van der Waals surface area contributed by atoms with E-state index in [1.165, 1.54) is 43.2 Å². The Morgan fingerprint density at radius 2 is 2.10 bits per heavy atom. The average molecular weight is 275 g/mol. The first-order valence-corrected chi connectivity index (χ1v) is 8.05. The molecule has 0 aliphatic heterocycles. The third kappa shape index (κ3) is 5.26. The van der Waals surface area contributed by atoms with Crippen LogP contribution >= 0.6 is 0 Å². The lowest BCUT2D eigenvalue weighted by molar-refractivity contribution is 0.185. The second-order valence-electron chi connectivity index (χ2n) is 6.36. The highest BCUT2D eigenvalue weighted by Gasteiger charge is 2.17. The summed E-state index contributed by atoms with van der Waals surface area (Å²) in [5, 5.41) is 3.59. The van der Waals surface area contributed by atoms with E-state index in [4.69, 9.17) is 4.74 Å². The largest absolute Gasteiger partial charge is 0.380 e. The highest BCUT2D eigenvalue weighted by molar-refractivity contribution is 5.22. The quantitative estimate of drug-likeness (QED) is 0.755. The smallest absolute Gasteiger partial charge is 0.0713 e. The minimum Gasteiger partial charge on any atom is -0.380 e. The number of ether oxygens (including phenoxy) is 1. The molecule has 0 amide bonds. The molecule has 1 aromatic rings. The molecule has 1 fully saturated rings. The summed E-state index contributed by atoms with van der Waals surface area (Å²) in [4.78, 5) is 0. The van der Waals surface area contributed by atoms with Gasteiger partial charge in [-0.2, -0.15) is 0 Å². The summed E-state index contributed by atoms with van der Waals surface area (Å²) in [5.74, 6) is 1.89. The zero-order valence-corrected chi connectivity index (χ0v) is 13.0. The van der Waals surface area contributed by atoms with Gasteiger partial charge in [-0.15, -0.1) is 0 Å². The molecular weight excluding hydrogens is 246 g/mol. The van der Waals surface area contributed by atoms with Crippen LogP contribution in [0.5, 0.6) is 0 Å². The van der Waals surface area contributed by atoms with Gasteiger partial charge in [-0.25, -0.2) is 0 Å². The summed E-state index contributed by atoms with van der Waals surface area (Å²) in [6.07, 6.45) is 7.09. The predicted octanol–water partition coefficient (Wildman–Crippen LogP) is 4.14. The summed E-state index contributed by atoms with van der Waals surface area (Å²) < 4.78 is 5.18. The van der Waals surface area contributed by atoms with Crippen LogP contribution in [-0.2, 0) is 17.9 Å². The molecule has 1 aliphatic rings. The van der Waals surface area contributed by atoms with Crippen molar-refractivity contribution < 1.29 is 4.74 Å². The maximum atomic E-state index is 5.18. The van der Waals surface area contributed by atoms with Gasteiger partial charge in [0.1, 0.15) is 0 Å². The van der Waals surface area contributed by atoms with Crippen molar-refractivity contribution in [3.8, 4) is 0 Å². The van der Waals surface area contributed by atoms with E-state index in [9.17, 15) is 0 Å². The van der Waals surface area contributed by atoms with Crippen LogP contribution in [0, 0.1) is 11.8 Å². The summed E-state index contributed by atoms with van der Waals surface area (Å²) in [7, 11) is 1.75. The summed E-state index contributed by atoms with van der Waals surface area (Å²) >= 11 is 0. The third-order valence-electron chi connectivity index (χ3n) is 4.41. The zero-order chi connectivity index (χ0) is 14.2. The molecule has 2 heteroatoms. The molecule has 20 heavy (non-hydrogen) atoms. The lowest BCUT2D eigenvalue weighted by Crippen LogP contribution is -2.21. The van der Waals surface area contributed by atoms with Crippen molar-refractivity contribution in [1.82, 2.24) is 5.32 Å². The fourth-order valence-electron chi connectivity index (χ4n) is 3.36. The minimum absolute atomic E-state index is 0.702. The molecule has 1 aromatic carbocycles. The molecule has 0 radical (unpaired) electrons. The number of hydrogen-bond donors (Lipinski definition) is 1. The van der Waals surface area contributed by atoms with Gasteiger partial charge in [0.05, 0.1) is 6.61 Å². The van der Waals surface area contributed by atoms with Gasteiger partial charge < -0.3 is 10.1 Å². The molecule has 2 unspecified atom stereocenters. The van der Waals surface area contributed by atoms with Crippen molar-refractivity contribution >= 4 is 0 Å². The lowest BCUT2D eigenvalue weighted by Gasteiger charge is -2.26. The fraction of sp³-hybridized carbons (Fsp3) is 0.667. The molecule has 0 heterocycles. The van der Waals surface area contributed by atoms with Crippen LogP contribution in [0.4, 0.5) is 0 Å². The van der Waals surface area contributed by atoms with E-state index in [0.717, 1.165) is 24.9 Å². The molecular formula is C18H29NO. The van der Waals surface area contributed by atoms with Gasteiger partial charge in [0.15, 0.2) is 0 Å². The third-order valence-corrected chi connectivity index (χ3v) is 4.41. The van der Waals surface area contributed by atoms with E-state index < -0.39 is 0 Å². The number of methoxy groups -OCH3 is 1. The Bertz CT molecular complexity index is 391. The maximum absolute atomic E-state index is 5.18. The summed E-state index contributed by atoms with van der Waals surface area (Å²) in [6.45, 7) is 5.22. The van der Waals surface area contributed by atoms with Crippen LogP contribution in [0.2, 0.25) is 0 Å². The molecule has 112 valence electrons. The molecule has 0 bridgehead atoms. The summed E-state index contributed by atoms with van der Waals surface area (Å²) in [5.41, 5.74) is 2.62. The molecule has 1 saturated carbocycles. The van der Waals surface area contributed by atoms with Crippen LogP contribution in [0.15, 0.2) is 24.3 Å². The first-order valence-electron chi connectivity index (χ1n) is 8.05. The van der Waals surface area contributed by atoms with Crippen molar-refractivity contribution in [2.45, 2.75) is 52.2 Å². The van der Waals surface area contributed by atoms with Crippen molar-refractivity contribution in [3.05, 3.63) is 35.4 Å². The van der Waals surface area contributed by atoms with Gasteiger partial charge in [0, 0.05) is 13.7 Å². The van der Waals surface area contributed by atoms with Crippen LogP contribution in [0.1, 0.15) is 50.2 Å². The van der Waals surface area contributed by atoms with E-state index >= 15 is 0 Å². The Morgan fingerprint density at radius 1 is 1.25 bits per heavy atom. The predicted molar refractivity (Wildman–Crippen MR) is 84.6 cm³/mol. The molecule has 2 atom stereocenters. The van der Waals surface area contributed by atoms with Gasteiger partial charge in [-0.05, 0) is 42.3 Å². The SMILES string of the molecule is COCc1cccc(CNCCC2CCCC(C)C2)c1. The van der Waals surface area contributed by atoms with Crippen LogP contribution < -0.4 is 5.32 Å². The van der Waals surface area contributed by atoms with E-state index in [2.05, 4.69) is 36.5 Å². The molecule has 0 aromatic heterocycles. The molecule has 1 aliphatic carbocycles. The van der Waals surface area contributed by atoms with Gasteiger partial charge in [0.25, 0.3) is 0 Å². The van der Waals surface area contributed by atoms with Crippen LogP contribution in [-0.4, -0.2) is 13.7 Å². The molecule has 1 N–H and O–H groups in total. The lowest BCUT2D eigenvalue weighted by atomic mass is 9.81. The van der Waals surface area contributed by atoms with Crippen molar-refractivity contribution in [3.63, 3.8) is 0 Å². The first-order chi connectivity index (χ1) is 9.78.